The molecule has 0 bridgehead atoms. The zero-order valence-electron chi connectivity index (χ0n) is 10.9. The van der Waals surface area contributed by atoms with E-state index in [9.17, 15) is 0 Å². The Kier molecular flexibility index (Phi) is 3.48. The van der Waals surface area contributed by atoms with Crippen molar-refractivity contribution in [3.8, 4) is 11.1 Å². The van der Waals surface area contributed by atoms with Crippen LogP contribution < -0.4 is 11.1 Å². The maximum atomic E-state index is 5.83. The molecule has 0 unspecified atom stereocenters. The highest BCUT2D eigenvalue weighted by Crippen LogP contribution is 2.23. The summed E-state index contributed by atoms with van der Waals surface area (Å²) >= 11 is 0. The lowest BCUT2D eigenvalue weighted by Crippen LogP contribution is -2.42. The molecule has 100 valence electrons. The molecule has 5 heteroatoms. The number of nitrogen functional groups attached to an aromatic ring is 1. The number of piperazine rings is 1. The fourth-order valence-corrected chi connectivity index (χ4v) is 2.44. The number of nitrogens with zero attached hydrogens (tertiary/aromatic N) is 2. The van der Waals surface area contributed by atoms with E-state index in [4.69, 9.17) is 5.73 Å². The number of anilines is 1. The molecule has 0 spiro atoms. The second kappa shape index (κ2) is 5.42. The van der Waals surface area contributed by atoms with Crippen LogP contribution in [-0.4, -0.2) is 41.3 Å². The quantitative estimate of drug-likeness (QED) is 0.769. The first-order chi connectivity index (χ1) is 9.33. The van der Waals surface area contributed by atoms with Crippen molar-refractivity contribution < 1.29 is 0 Å². The first-order valence-electron chi connectivity index (χ1n) is 6.64. The molecular formula is C14H19N5. The third-order valence-electron chi connectivity index (χ3n) is 3.55. The second-order valence-corrected chi connectivity index (χ2v) is 4.92. The van der Waals surface area contributed by atoms with E-state index in [2.05, 4.69) is 44.7 Å². The van der Waals surface area contributed by atoms with E-state index in [0.717, 1.165) is 43.9 Å². The molecule has 2 aromatic rings. The fourth-order valence-electron chi connectivity index (χ4n) is 2.44. The number of aromatic nitrogens is 2. The summed E-state index contributed by atoms with van der Waals surface area (Å²) < 4.78 is 0. The Morgan fingerprint density at radius 3 is 2.53 bits per heavy atom. The summed E-state index contributed by atoms with van der Waals surface area (Å²) in [5.41, 5.74) is 9.24. The number of nitrogens with two attached hydrogens (primary N) is 1. The number of aromatic amines is 1. The van der Waals surface area contributed by atoms with Crippen LogP contribution >= 0.6 is 0 Å². The average molecular weight is 257 g/mol. The molecule has 0 atom stereocenters. The van der Waals surface area contributed by atoms with Gasteiger partial charge in [-0.1, -0.05) is 24.3 Å². The largest absolute Gasteiger partial charge is 0.384 e. The van der Waals surface area contributed by atoms with E-state index in [1.54, 1.807) is 6.20 Å². The van der Waals surface area contributed by atoms with Crippen LogP contribution in [0, 0.1) is 0 Å². The van der Waals surface area contributed by atoms with Crippen molar-refractivity contribution >= 4 is 5.82 Å². The van der Waals surface area contributed by atoms with Crippen molar-refractivity contribution in [2.24, 2.45) is 0 Å². The third-order valence-corrected chi connectivity index (χ3v) is 3.55. The predicted molar refractivity (Wildman–Crippen MR) is 76.6 cm³/mol. The molecule has 0 saturated carbocycles. The van der Waals surface area contributed by atoms with Crippen molar-refractivity contribution in [3.63, 3.8) is 0 Å². The van der Waals surface area contributed by atoms with E-state index < -0.39 is 0 Å². The summed E-state index contributed by atoms with van der Waals surface area (Å²) in [7, 11) is 0. The standard InChI is InChI=1S/C14H19N5/c15-14-13(9-17-18-14)12-3-1-11(2-4-12)10-19-7-5-16-6-8-19/h1-4,9,16H,5-8,10H2,(H3,15,17,18). The van der Waals surface area contributed by atoms with Crippen LogP contribution in [0.3, 0.4) is 0 Å². The molecule has 4 N–H and O–H groups in total. The lowest BCUT2D eigenvalue weighted by atomic mass is 10.1. The van der Waals surface area contributed by atoms with E-state index >= 15 is 0 Å². The smallest absolute Gasteiger partial charge is 0.126 e. The van der Waals surface area contributed by atoms with Gasteiger partial charge in [0, 0.05) is 38.3 Å². The molecule has 1 aromatic carbocycles. The van der Waals surface area contributed by atoms with Crippen molar-refractivity contribution in [1.29, 1.82) is 0 Å². The van der Waals surface area contributed by atoms with Gasteiger partial charge in [0.1, 0.15) is 5.82 Å². The van der Waals surface area contributed by atoms with Crippen LogP contribution in [0.15, 0.2) is 30.5 Å². The van der Waals surface area contributed by atoms with Crippen molar-refractivity contribution in [1.82, 2.24) is 20.4 Å². The van der Waals surface area contributed by atoms with Crippen LogP contribution in [0.25, 0.3) is 11.1 Å². The Morgan fingerprint density at radius 1 is 1.16 bits per heavy atom. The molecule has 1 saturated heterocycles. The minimum atomic E-state index is 0.620. The van der Waals surface area contributed by atoms with Crippen LogP contribution in [0.5, 0.6) is 0 Å². The van der Waals surface area contributed by atoms with E-state index in [1.807, 2.05) is 0 Å². The van der Waals surface area contributed by atoms with Gasteiger partial charge in [-0.05, 0) is 11.1 Å². The molecule has 0 amide bonds. The second-order valence-electron chi connectivity index (χ2n) is 4.92. The minimum absolute atomic E-state index is 0.620. The molecule has 0 aliphatic carbocycles. The molecule has 3 rings (SSSR count). The molecular weight excluding hydrogens is 238 g/mol. The Labute approximate surface area is 112 Å². The normalized spacial score (nSPS) is 16.6. The lowest BCUT2D eigenvalue weighted by Gasteiger charge is -2.27. The van der Waals surface area contributed by atoms with Crippen molar-refractivity contribution in [2.75, 3.05) is 31.9 Å². The number of rotatable bonds is 3. The van der Waals surface area contributed by atoms with Gasteiger partial charge in [-0.15, -0.1) is 0 Å². The molecule has 1 fully saturated rings. The SMILES string of the molecule is Nc1[nH]ncc1-c1ccc(CN2CCNCC2)cc1. The maximum Gasteiger partial charge on any atom is 0.126 e. The van der Waals surface area contributed by atoms with Gasteiger partial charge in [-0.25, -0.2) is 0 Å². The Morgan fingerprint density at radius 2 is 1.89 bits per heavy atom. The topological polar surface area (TPSA) is 70.0 Å². The molecule has 5 nitrogen and oxygen atoms in total. The van der Waals surface area contributed by atoms with Gasteiger partial charge in [-0.2, -0.15) is 5.10 Å². The lowest BCUT2D eigenvalue weighted by molar-refractivity contribution is 0.233. The summed E-state index contributed by atoms with van der Waals surface area (Å²) in [6.07, 6.45) is 1.76. The minimum Gasteiger partial charge on any atom is -0.384 e. The highest BCUT2D eigenvalue weighted by molar-refractivity contribution is 5.72. The number of hydrogen-bond acceptors (Lipinski definition) is 4. The van der Waals surface area contributed by atoms with Gasteiger partial charge < -0.3 is 11.1 Å². The zero-order valence-corrected chi connectivity index (χ0v) is 10.9. The summed E-state index contributed by atoms with van der Waals surface area (Å²) in [4.78, 5) is 2.47. The fraction of sp³-hybridized carbons (Fsp3) is 0.357. The summed E-state index contributed by atoms with van der Waals surface area (Å²) in [6, 6.07) is 8.56. The third kappa shape index (κ3) is 2.77. The van der Waals surface area contributed by atoms with Gasteiger partial charge in [0.15, 0.2) is 0 Å². The number of H-pyrrole nitrogens is 1. The summed E-state index contributed by atoms with van der Waals surface area (Å²) in [5.74, 6) is 0.620. The highest BCUT2D eigenvalue weighted by Gasteiger charge is 2.10. The first kappa shape index (κ1) is 12.2. The number of nitrogens with one attached hydrogen (secondary N) is 2. The highest BCUT2D eigenvalue weighted by atomic mass is 15.2. The zero-order chi connectivity index (χ0) is 13.1. The Hall–Kier alpha value is -1.85. The van der Waals surface area contributed by atoms with Crippen LogP contribution in [-0.2, 0) is 6.54 Å². The van der Waals surface area contributed by atoms with Crippen molar-refractivity contribution in [2.45, 2.75) is 6.54 Å². The first-order valence-corrected chi connectivity index (χ1v) is 6.64. The van der Waals surface area contributed by atoms with E-state index in [1.165, 1.54) is 5.56 Å². The molecule has 2 heterocycles. The van der Waals surface area contributed by atoms with Gasteiger partial charge in [-0.3, -0.25) is 10.00 Å². The van der Waals surface area contributed by atoms with Crippen LogP contribution in [0.1, 0.15) is 5.56 Å². The van der Waals surface area contributed by atoms with Crippen molar-refractivity contribution in [3.05, 3.63) is 36.0 Å². The van der Waals surface area contributed by atoms with Crippen LogP contribution in [0.2, 0.25) is 0 Å². The summed E-state index contributed by atoms with van der Waals surface area (Å²) in [6.45, 7) is 5.43. The molecule has 0 radical (unpaired) electrons. The van der Waals surface area contributed by atoms with Gasteiger partial charge in [0.25, 0.3) is 0 Å². The number of benzene rings is 1. The molecule has 1 aliphatic rings. The van der Waals surface area contributed by atoms with Gasteiger partial charge in [0.2, 0.25) is 0 Å². The average Bonchev–Trinajstić information content (AvgIpc) is 2.87. The summed E-state index contributed by atoms with van der Waals surface area (Å²) in [5, 5.41) is 10.1. The van der Waals surface area contributed by atoms with Gasteiger partial charge in [0.05, 0.1) is 6.20 Å². The van der Waals surface area contributed by atoms with E-state index in [-0.39, 0.29) is 0 Å². The van der Waals surface area contributed by atoms with Gasteiger partial charge >= 0.3 is 0 Å². The Bertz CT molecular complexity index is 525. The molecule has 19 heavy (non-hydrogen) atoms. The predicted octanol–water partition coefficient (Wildman–Crippen LogP) is 1.06. The maximum absolute atomic E-state index is 5.83. The van der Waals surface area contributed by atoms with Crippen LogP contribution in [0.4, 0.5) is 5.82 Å². The number of hydrogen-bond donors (Lipinski definition) is 3. The monoisotopic (exact) mass is 257 g/mol. The molecule has 1 aliphatic heterocycles. The Balaban J connectivity index is 1.70. The molecule has 1 aromatic heterocycles. The van der Waals surface area contributed by atoms with E-state index in [0.29, 0.717) is 5.82 Å².